The molecule has 0 fully saturated rings. The number of imidazole rings is 2. The Bertz CT molecular complexity index is 404. The van der Waals surface area contributed by atoms with Gasteiger partial charge in [-0.2, -0.15) is 0 Å². The van der Waals surface area contributed by atoms with Crippen LogP contribution in [0.1, 0.15) is 18.4 Å². The summed E-state index contributed by atoms with van der Waals surface area (Å²) in [6.07, 6.45) is 8.32. The Morgan fingerprint density at radius 1 is 1.50 bits per heavy atom. The number of hydrogen-bond acceptors (Lipinski definition) is 3. The maximum absolute atomic E-state index is 4.17. The van der Waals surface area contributed by atoms with Crippen molar-refractivity contribution in [3.63, 3.8) is 0 Å². The lowest BCUT2D eigenvalue weighted by Gasteiger charge is -2.06. The van der Waals surface area contributed by atoms with Crippen molar-refractivity contribution in [3.05, 3.63) is 36.4 Å². The number of nitrogens with one attached hydrogen (secondary N) is 2. The van der Waals surface area contributed by atoms with Gasteiger partial charge in [-0.3, -0.25) is 0 Å². The number of aromatic nitrogens is 4. The van der Waals surface area contributed by atoms with E-state index in [1.54, 1.807) is 6.20 Å². The summed E-state index contributed by atoms with van der Waals surface area (Å²) >= 11 is 0. The van der Waals surface area contributed by atoms with Crippen LogP contribution >= 0.6 is 0 Å². The second-order valence-corrected chi connectivity index (χ2v) is 3.63. The van der Waals surface area contributed by atoms with Crippen molar-refractivity contribution in [2.45, 2.75) is 26.4 Å². The molecule has 0 amide bonds. The molecule has 16 heavy (non-hydrogen) atoms. The smallest absolute Gasteiger partial charge is 0.107 e. The van der Waals surface area contributed by atoms with Crippen molar-refractivity contribution in [3.8, 4) is 0 Å². The van der Waals surface area contributed by atoms with E-state index >= 15 is 0 Å². The Morgan fingerprint density at radius 2 is 2.44 bits per heavy atom. The average Bonchev–Trinajstić information content (AvgIpc) is 2.95. The molecule has 2 rings (SSSR count). The van der Waals surface area contributed by atoms with Crippen molar-refractivity contribution in [2.24, 2.45) is 0 Å². The summed E-state index contributed by atoms with van der Waals surface area (Å²) in [4.78, 5) is 11.4. The molecule has 0 bridgehead atoms. The first kappa shape index (κ1) is 10.9. The highest BCUT2D eigenvalue weighted by Gasteiger charge is 1.99. The standard InChI is InChI=1S/C11H17N5/c1-2-16-9-13-8-10(16)7-12-4-3-11-14-5-6-15-11/h5-6,8-9,12H,2-4,7H2,1H3,(H,14,15). The monoisotopic (exact) mass is 219 g/mol. The van der Waals surface area contributed by atoms with E-state index in [0.717, 1.165) is 31.9 Å². The van der Waals surface area contributed by atoms with E-state index in [1.807, 2.05) is 18.7 Å². The molecule has 2 N–H and O–H groups in total. The number of rotatable bonds is 6. The molecule has 2 heterocycles. The highest BCUT2D eigenvalue weighted by Crippen LogP contribution is 1.98. The highest BCUT2D eigenvalue weighted by atomic mass is 15.1. The zero-order chi connectivity index (χ0) is 11.2. The maximum atomic E-state index is 4.17. The molecule has 2 aromatic heterocycles. The second-order valence-electron chi connectivity index (χ2n) is 3.63. The maximum Gasteiger partial charge on any atom is 0.107 e. The minimum absolute atomic E-state index is 0.856. The van der Waals surface area contributed by atoms with Gasteiger partial charge in [0.15, 0.2) is 0 Å². The first-order valence-corrected chi connectivity index (χ1v) is 5.58. The third-order valence-electron chi connectivity index (χ3n) is 2.54. The first-order valence-electron chi connectivity index (χ1n) is 5.58. The summed E-state index contributed by atoms with van der Waals surface area (Å²) in [5, 5.41) is 3.38. The van der Waals surface area contributed by atoms with E-state index in [-0.39, 0.29) is 0 Å². The predicted octanol–water partition coefficient (Wildman–Crippen LogP) is 0.958. The third-order valence-corrected chi connectivity index (χ3v) is 2.54. The molecule has 0 unspecified atom stereocenters. The summed E-state index contributed by atoms with van der Waals surface area (Å²) in [5.41, 5.74) is 1.22. The summed E-state index contributed by atoms with van der Waals surface area (Å²) in [7, 11) is 0. The molecule has 0 spiro atoms. The molecule has 0 radical (unpaired) electrons. The average molecular weight is 219 g/mol. The van der Waals surface area contributed by atoms with Gasteiger partial charge in [-0.15, -0.1) is 0 Å². The first-order chi connectivity index (χ1) is 7.90. The Balaban J connectivity index is 1.72. The third kappa shape index (κ3) is 2.70. The van der Waals surface area contributed by atoms with Crippen LogP contribution in [-0.2, 0) is 19.5 Å². The molecule has 5 nitrogen and oxygen atoms in total. The summed E-state index contributed by atoms with van der Waals surface area (Å²) < 4.78 is 2.14. The lowest BCUT2D eigenvalue weighted by molar-refractivity contribution is 0.622. The van der Waals surface area contributed by atoms with Crippen molar-refractivity contribution in [1.29, 1.82) is 0 Å². The number of H-pyrrole nitrogens is 1. The van der Waals surface area contributed by atoms with Crippen LogP contribution in [0, 0.1) is 0 Å². The van der Waals surface area contributed by atoms with Gasteiger partial charge in [0.1, 0.15) is 5.82 Å². The van der Waals surface area contributed by atoms with Gasteiger partial charge < -0.3 is 14.9 Å². The number of aryl methyl sites for hydroxylation is 1. The van der Waals surface area contributed by atoms with E-state index in [1.165, 1.54) is 5.69 Å². The SMILES string of the molecule is CCn1cncc1CNCCc1ncc[nH]1. The summed E-state index contributed by atoms with van der Waals surface area (Å²) in [6, 6.07) is 0. The zero-order valence-corrected chi connectivity index (χ0v) is 9.48. The molecule has 0 aliphatic heterocycles. The Kier molecular flexibility index (Phi) is 3.71. The van der Waals surface area contributed by atoms with Crippen LogP contribution in [-0.4, -0.2) is 26.1 Å². The van der Waals surface area contributed by atoms with E-state index in [9.17, 15) is 0 Å². The van der Waals surface area contributed by atoms with Gasteiger partial charge in [0, 0.05) is 44.6 Å². The van der Waals surface area contributed by atoms with E-state index < -0.39 is 0 Å². The van der Waals surface area contributed by atoms with Crippen molar-refractivity contribution in [2.75, 3.05) is 6.54 Å². The fraction of sp³-hybridized carbons (Fsp3) is 0.455. The van der Waals surface area contributed by atoms with Crippen LogP contribution in [0.25, 0.3) is 0 Å². The van der Waals surface area contributed by atoms with Gasteiger partial charge >= 0.3 is 0 Å². The molecular weight excluding hydrogens is 202 g/mol. The molecular formula is C11H17N5. The van der Waals surface area contributed by atoms with Crippen LogP contribution in [0.4, 0.5) is 0 Å². The van der Waals surface area contributed by atoms with Crippen molar-refractivity contribution < 1.29 is 0 Å². The van der Waals surface area contributed by atoms with Crippen molar-refractivity contribution in [1.82, 2.24) is 24.8 Å². The van der Waals surface area contributed by atoms with Crippen LogP contribution in [0.3, 0.4) is 0 Å². The molecule has 0 saturated heterocycles. The normalized spacial score (nSPS) is 10.8. The molecule has 2 aromatic rings. The van der Waals surface area contributed by atoms with Gasteiger partial charge in [0.2, 0.25) is 0 Å². The molecule has 0 atom stereocenters. The van der Waals surface area contributed by atoms with E-state index in [0.29, 0.717) is 0 Å². The van der Waals surface area contributed by atoms with Crippen LogP contribution in [0.15, 0.2) is 24.9 Å². The molecule has 0 aromatic carbocycles. The highest BCUT2D eigenvalue weighted by molar-refractivity contribution is 4.97. The minimum Gasteiger partial charge on any atom is -0.349 e. The van der Waals surface area contributed by atoms with Crippen LogP contribution in [0.5, 0.6) is 0 Å². The Labute approximate surface area is 94.9 Å². The molecule has 5 heteroatoms. The Morgan fingerprint density at radius 3 is 3.19 bits per heavy atom. The quantitative estimate of drug-likeness (QED) is 0.711. The predicted molar refractivity (Wildman–Crippen MR) is 61.9 cm³/mol. The van der Waals surface area contributed by atoms with Gasteiger partial charge in [-0.1, -0.05) is 0 Å². The number of aromatic amines is 1. The largest absolute Gasteiger partial charge is 0.349 e. The van der Waals surface area contributed by atoms with Gasteiger partial charge in [0.25, 0.3) is 0 Å². The fourth-order valence-corrected chi connectivity index (χ4v) is 1.64. The van der Waals surface area contributed by atoms with Gasteiger partial charge in [-0.25, -0.2) is 9.97 Å². The van der Waals surface area contributed by atoms with Crippen molar-refractivity contribution >= 4 is 0 Å². The number of nitrogens with zero attached hydrogens (tertiary/aromatic N) is 3. The lowest BCUT2D eigenvalue weighted by Crippen LogP contribution is -2.19. The van der Waals surface area contributed by atoms with Gasteiger partial charge in [0.05, 0.1) is 12.0 Å². The molecule has 0 aliphatic carbocycles. The number of hydrogen-bond donors (Lipinski definition) is 2. The van der Waals surface area contributed by atoms with E-state index in [2.05, 4.69) is 31.8 Å². The molecule has 0 aliphatic rings. The second kappa shape index (κ2) is 5.46. The van der Waals surface area contributed by atoms with Crippen LogP contribution < -0.4 is 5.32 Å². The Hall–Kier alpha value is -1.62. The minimum atomic E-state index is 0.856. The van der Waals surface area contributed by atoms with E-state index in [4.69, 9.17) is 0 Å². The zero-order valence-electron chi connectivity index (χ0n) is 9.48. The van der Waals surface area contributed by atoms with Crippen LogP contribution in [0.2, 0.25) is 0 Å². The molecule has 86 valence electrons. The summed E-state index contributed by atoms with van der Waals surface area (Å²) in [5.74, 6) is 1.02. The molecule has 0 saturated carbocycles. The fourth-order valence-electron chi connectivity index (χ4n) is 1.64. The summed E-state index contributed by atoms with van der Waals surface area (Å²) in [6.45, 7) is 4.86. The lowest BCUT2D eigenvalue weighted by atomic mass is 10.4. The topological polar surface area (TPSA) is 58.5 Å². The van der Waals surface area contributed by atoms with Gasteiger partial charge in [-0.05, 0) is 6.92 Å².